The van der Waals surface area contributed by atoms with Gasteiger partial charge in [0.05, 0.1) is 22.1 Å². The van der Waals surface area contributed by atoms with Crippen LogP contribution in [0.2, 0.25) is 0 Å². The van der Waals surface area contributed by atoms with Gasteiger partial charge in [0.25, 0.3) is 0 Å². The number of benzene rings is 8. The molecule has 8 aromatic carbocycles. The van der Waals surface area contributed by atoms with E-state index in [0.717, 1.165) is 5.69 Å². The largest absolute Gasteiger partial charge is 0.309 e. The third-order valence-corrected chi connectivity index (χ3v) is 12.0. The average Bonchev–Trinajstić information content (AvgIpc) is 3.85. The molecule has 3 heteroatoms. The van der Waals surface area contributed by atoms with Gasteiger partial charge in [-0.2, -0.15) is 0 Å². The number of thiophene rings is 1. The lowest BCUT2D eigenvalue weighted by Crippen LogP contribution is -1.94. The minimum atomic E-state index is 1.16. The lowest BCUT2D eigenvalue weighted by atomic mass is 10.0. The normalized spacial score (nSPS) is 11.9. The number of rotatable bonds is 4. The first kappa shape index (κ1) is 29.3. The van der Waals surface area contributed by atoms with Gasteiger partial charge in [0, 0.05) is 53.1 Å². The Balaban J connectivity index is 1.01. The predicted octanol–water partition coefficient (Wildman–Crippen LogP) is 13.9. The smallest absolute Gasteiger partial charge is 0.0541 e. The number of aromatic nitrogens is 2. The topological polar surface area (TPSA) is 9.86 Å². The fourth-order valence-corrected chi connectivity index (χ4v) is 9.35. The highest BCUT2D eigenvalue weighted by Gasteiger charge is 2.16. The highest BCUT2D eigenvalue weighted by atomic mass is 32.1. The van der Waals surface area contributed by atoms with E-state index >= 15 is 0 Å². The SMILES string of the molecule is Cc1ccc(-n2c3ccccc3c3cc(-c4ccc5c(c4)c4ccccc4n5-c4ccc(-c5ccc6sc7ccccc7c6c5)cc4)ccc32)cc1. The Kier molecular flexibility index (Phi) is 6.37. The standard InChI is InChI=1S/C49H32N2S/c1-31-14-21-36(22-15-31)50-44-11-5-2-8-38(44)41-28-34(18-25-46(41)50)35-19-26-47-42(29-35)39-9-3-6-12-45(39)51(47)37-23-16-32(17-24-37)33-20-27-49-43(30-33)40-10-4-7-13-48(40)52-49/h2-30H,1H3. The summed E-state index contributed by atoms with van der Waals surface area (Å²) in [4.78, 5) is 0. The van der Waals surface area contributed by atoms with Gasteiger partial charge in [-0.1, -0.05) is 103 Å². The molecule has 0 aliphatic carbocycles. The van der Waals surface area contributed by atoms with Crippen LogP contribution in [0.1, 0.15) is 5.56 Å². The first-order valence-corrected chi connectivity index (χ1v) is 18.7. The van der Waals surface area contributed by atoms with E-state index in [1.54, 1.807) is 0 Å². The minimum Gasteiger partial charge on any atom is -0.309 e. The fourth-order valence-electron chi connectivity index (χ4n) is 8.26. The van der Waals surface area contributed by atoms with Crippen molar-refractivity contribution < 1.29 is 0 Å². The molecule has 0 atom stereocenters. The lowest BCUT2D eigenvalue weighted by molar-refractivity contribution is 1.17. The van der Waals surface area contributed by atoms with Gasteiger partial charge in [-0.05, 0) is 108 Å². The molecule has 0 spiro atoms. The molecule has 0 amide bonds. The fraction of sp³-hybridized carbons (Fsp3) is 0.0204. The quantitative estimate of drug-likeness (QED) is 0.175. The molecule has 0 saturated carbocycles. The maximum absolute atomic E-state index is 2.41. The van der Waals surface area contributed by atoms with E-state index in [0.29, 0.717) is 0 Å². The number of fused-ring (bicyclic) bond motifs is 9. The van der Waals surface area contributed by atoms with E-state index < -0.39 is 0 Å². The van der Waals surface area contributed by atoms with Crippen LogP contribution >= 0.6 is 11.3 Å². The molecule has 0 unspecified atom stereocenters. The highest BCUT2D eigenvalue weighted by Crippen LogP contribution is 2.40. The average molecular weight is 681 g/mol. The number of nitrogens with zero attached hydrogens (tertiary/aromatic N) is 2. The summed E-state index contributed by atoms with van der Waals surface area (Å²) in [6.07, 6.45) is 0. The van der Waals surface area contributed by atoms with Crippen molar-refractivity contribution in [3.05, 3.63) is 181 Å². The Morgan fingerprint density at radius 3 is 1.37 bits per heavy atom. The van der Waals surface area contributed by atoms with E-state index in [1.807, 2.05) is 11.3 Å². The highest BCUT2D eigenvalue weighted by molar-refractivity contribution is 7.25. The molecule has 52 heavy (non-hydrogen) atoms. The Bertz CT molecular complexity index is 3170. The van der Waals surface area contributed by atoms with Crippen LogP contribution in [0, 0.1) is 6.92 Å². The molecule has 0 aliphatic rings. The second kappa shape index (κ2) is 11.3. The van der Waals surface area contributed by atoms with Crippen molar-refractivity contribution >= 4 is 75.1 Å². The van der Waals surface area contributed by atoms with Gasteiger partial charge in [0.1, 0.15) is 0 Å². The van der Waals surface area contributed by atoms with Crippen LogP contribution in [0.5, 0.6) is 0 Å². The molecule has 0 aliphatic heterocycles. The molecule has 0 N–H and O–H groups in total. The van der Waals surface area contributed by atoms with E-state index in [1.165, 1.54) is 97.3 Å². The molecular weight excluding hydrogens is 649 g/mol. The van der Waals surface area contributed by atoms with Gasteiger partial charge in [0.2, 0.25) is 0 Å². The second-order valence-corrected chi connectivity index (χ2v) is 14.9. The first-order chi connectivity index (χ1) is 25.7. The minimum absolute atomic E-state index is 1.16. The van der Waals surface area contributed by atoms with E-state index in [2.05, 4.69) is 192 Å². The molecule has 2 nitrogen and oxygen atoms in total. The first-order valence-electron chi connectivity index (χ1n) is 17.8. The van der Waals surface area contributed by atoms with Crippen LogP contribution in [-0.2, 0) is 0 Å². The van der Waals surface area contributed by atoms with Crippen molar-refractivity contribution in [1.29, 1.82) is 0 Å². The molecule has 3 heterocycles. The van der Waals surface area contributed by atoms with Crippen molar-refractivity contribution in [2.75, 3.05) is 0 Å². The van der Waals surface area contributed by atoms with Gasteiger partial charge in [-0.3, -0.25) is 0 Å². The van der Waals surface area contributed by atoms with Gasteiger partial charge < -0.3 is 9.13 Å². The number of aryl methyl sites for hydroxylation is 1. The summed E-state index contributed by atoms with van der Waals surface area (Å²) >= 11 is 1.86. The molecule has 0 radical (unpaired) electrons. The van der Waals surface area contributed by atoms with Crippen molar-refractivity contribution in [3.63, 3.8) is 0 Å². The van der Waals surface area contributed by atoms with Crippen molar-refractivity contribution in [2.24, 2.45) is 0 Å². The molecule has 3 aromatic heterocycles. The summed E-state index contributed by atoms with van der Waals surface area (Å²) in [5, 5.41) is 7.72. The zero-order valence-electron chi connectivity index (χ0n) is 28.5. The van der Waals surface area contributed by atoms with Crippen LogP contribution < -0.4 is 0 Å². The summed E-state index contributed by atoms with van der Waals surface area (Å²) < 4.78 is 7.47. The maximum Gasteiger partial charge on any atom is 0.0541 e. The van der Waals surface area contributed by atoms with Crippen LogP contribution in [0.25, 0.3) is 97.4 Å². The Hall–Kier alpha value is -6.42. The van der Waals surface area contributed by atoms with Crippen LogP contribution in [-0.4, -0.2) is 9.13 Å². The molecule has 0 fully saturated rings. The molecule has 0 saturated heterocycles. The van der Waals surface area contributed by atoms with E-state index in [9.17, 15) is 0 Å². The van der Waals surface area contributed by atoms with Crippen LogP contribution in [0.4, 0.5) is 0 Å². The van der Waals surface area contributed by atoms with Crippen molar-refractivity contribution in [1.82, 2.24) is 9.13 Å². The number of hydrogen-bond acceptors (Lipinski definition) is 1. The monoisotopic (exact) mass is 680 g/mol. The number of para-hydroxylation sites is 2. The second-order valence-electron chi connectivity index (χ2n) is 13.9. The molecule has 0 bridgehead atoms. The number of hydrogen-bond donors (Lipinski definition) is 0. The van der Waals surface area contributed by atoms with Gasteiger partial charge in [-0.15, -0.1) is 11.3 Å². The van der Waals surface area contributed by atoms with Gasteiger partial charge in [0.15, 0.2) is 0 Å². The van der Waals surface area contributed by atoms with Crippen molar-refractivity contribution in [3.8, 4) is 33.6 Å². The molecule has 244 valence electrons. The molecule has 11 rings (SSSR count). The Morgan fingerprint density at radius 1 is 0.327 bits per heavy atom. The summed E-state index contributed by atoms with van der Waals surface area (Å²) in [5.41, 5.74) is 13.4. The zero-order chi connectivity index (χ0) is 34.3. The summed E-state index contributed by atoms with van der Waals surface area (Å²) in [6.45, 7) is 2.14. The maximum atomic E-state index is 2.41. The molecular formula is C49H32N2S. The van der Waals surface area contributed by atoms with Gasteiger partial charge >= 0.3 is 0 Å². The zero-order valence-corrected chi connectivity index (χ0v) is 29.4. The Morgan fingerprint density at radius 2 is 0.750 bits per heavy atom. The van der Waals surface area contributed by atoms with E-state index in [-0.39, 0.29) is 0 Å². The summed E-state index contributed by atoms with van der Waals surface area (Å²) in [7, 11) is 0. The third kappa shape index (κ3) is 4.43. The van der Waals surface area contributed by atoms with E-state index in [4.69, 9.17) is 0 Å². The summed E-state index contributed by atoms with van der Waals surface area (Å²) in [5.74, 6) is 0. The lowest BCUT2D eigenvalue weighted by Gasteiger charge is -2.10. The summed E-state index contributed by atoms with van der Waals surface area (Å²) in [6, 6.07) is 64.9. The Labute approximate surface area is 305 Å². The van der Waals surface area contributed by atoms with Crippen LogP contribution in [0.15, 0.2) is 176 Å². The predicted molar refractivity (Wildman–Crippen MR) is 224 cm³/mol. The third-order valence-electron chi connectivity index (χ3n) is 10.8. The van der Waals surface area contributed by atoms with Gasteiger partial charge in [-0.25, -0.2) is 0 Å². The van der Waals surface area contributed by atoms with Crippen LogP contribution in [0.3, 0.4) is 0 Å². The van der Waals surface area contributed by atoms with Crippen molar-refractivity contribution in [2.45, 2.75) is 6.92 Å². The molecule has 11 aromatic rings.